The Kier molecular flexibility index (Phi) is 3.62. The average Bonchev–Trinajstić information content (AvgIpc) is 3.16. The summed E-state index contributed by atoms with van der Waals surface area (Å²) in [4.78, 5) is 1.57. The van der Waals surface area contributed by atoms with Gasteiger partial charge in [-0.3, -0.25) is 4.57 Å². The van der Waals surface area contributed by atoms with Crippen LogP contribution in [0.3, 0.4) is 0 Å². The van der Waals surface area contributed by atoms with Crippen LogP contribution in [0, 0.1) is 0 Å². The standard InChI is InChI=1S/C14H18F3N5O/c1-20-7-4-5-10(20)11-18-19-12(21(11)2)22-8-6-13(9-22,23-3)14(15,16)17/h4-5,7H,6,8-9H2,1-3H3. The van der Waals surface area contributed by atoms with Crippen LogP contribution in [0.2, 0.25) is 0 Å². The number of methoxy groups -OCH3 is 1. The Morgan fingerprint density at radius 1 is 1.26 bits per heavy atom. The minimum absolute atomic E-state index is 0.126. The summed E-state index contributed by atoms with van der Waals surface area (Å²) < 4.78 is 48.3. The van der Waals surface area contributed by atoms with E-state index in [2.05, 4.69) is 10.2 Å². The van der Waals surface area contributed by atoms with Crippen LogP contribution in [-0.2, 0) is 18.8 Å². The van der Waals surface area contributed by atoms with Crippen LogP contribution in [0.15, 0.2) is 18.3 Å². The lowest BCUT2D eigenvalue weighted by Crippen LogP contribution is -2.49. The van der Waals surface area contributed by atoms with Crippen molar-refractivity contribution in [3.8, 4) is 11.5 Å². The summed E-state index contributed by atoms with van der Waals surface area (Å²) in [5, 5.41) is 8.21. The second-order valence-corrected chi connectivity index (χ2v) is 5.75. The van der Waals surface area contributed by atoms with E-state index >= 15 is 0 Å². The van der Waals surface area contributed by atoms with Crippen LogP contribution in [0.4, 0.5) is 19.1 Å². The number of alkyl halides is 3. The first kappa shape index (κ1) is 15.9. The number of nitrogens with zero attached hydrogens (tertiary/aromatic N) is 5. The molecule has 2 aromatic rings. The topological polar surface area (TPSA) is 48.1 Å². The monoisotopic (exact) mass is 329 g/mol. The van der Waals surface area contributed by atoms with Gasteiger partial charge in [0, 0.05) is 40.4 Å². The van der Waals surface area contributed by atoms with Crippen molar-refractivity contribution in [2.24, 2.45) is 14.1 Å². The second-order valence-electron chi connectivity index (χ2n) is 5.75. The summed E-state index contributed by atoms with van der Waals surface area (Å²) in [6.07, 6.45) is -2.67. The van der Waals surface area contributed by atoms with Gasteiger partial charge < -0.3 is 14.2 Å². The van der Waals surface area contributed by atoms with Crippen molar-refractivity contribution in [2.45, 2.75) is 18.2 Å². The highest BCUT2D eigenvalue weighted by atomic mass is 19.4. The van der Waals surface area contributed by atoms with E-state index in [1.54, 1.807) is 16.5 Å². The van der Waals surface area contributed by atoms with Crippen LogP contribution < -0.4 is 4.90 Å². The molecule has 0 aliphatic carbocycles. The molecule has 0 N–H and O–H groups in total. The van der Waals surface area contributed by atoms with Crippen molar-refractivity contribution in [1.82, 2.24) is 19.3 Å². The van der Waals surface area contributed by atoms with Crippen LogP contribution >= 0.6 is 0 Å². The largest absolute Gasteiger partial charge is 0.419 e. The predicted molar refractivity (Wildman–Crippen MR) is 78.0 cm³/mol. The van der Waals surface area contributed by atoms with E-state index in [0.717, 1.165) is 12.8 Å². The van der Waals surface area contributed by atoms with Gasteiger partial charge in [0.05, 0.1) is 12.2 Å². The molecule has 1 aliphatic rings. The maximum Gasteiger partial charge on any atom is 0.419 e. The minimum Gasteiger partial charge on any atom is -0.367 e. The molecule has 1 atom stereocenters. The molecule has 3 heterocycles. The Balaban J connectivity index is 1.90. The third kappa shape index (κ3) is 2.39. The molecule has 0 bridgehead atoms. The number of ether oxygens (including phenoxy) is 1. The van der Waals surface area contributed by atoms with Crippen LogP contribution in [0.1, 0.15) is 6.42 Å². The van der Waals surface area contributed by atoms with Crippen molar-refractivity contribution >= 4 is 5.95 Å². The van der Waals surface area contributed by atoms with E-state index in [1.807, 2.05) is 29.9 Å². The Morgan fingerprint density at radius 2 is 2.00 bits per heavy atom. The number of hydrogen-bond acceptors (Lipinski definition) is 4. The molecule has 0 radical (unpaired) electrons. The summed E-state index contributed by atoms with van der Waals surface area (Å²) in [5.41, 5.74) is -1.30. The lowest BCUT2D eigenvalue weighted by atomic mass is 10.0. The number of halogens is 3. The molecular formula is C14H18F3N5O. The SMILES string of the molecule is COC1(C(F)(F)F)CCN(c2nnc(-c3cccn3C)n2C)C1. The Morgan fingerprint density at radius 3 is 2.52 bits per heavy atom. The van der Waals surface area contributed by atoms with Crippen LogP contribution in [0.5, 0.6) is 0 Å². The Labute approximate surface area is 131 Å². The summed E-state index contributed by atoms with van der Waals surface area (Å²) in [5.74, 6) is 1.01. The Hall–Kier alpha value is -2.03. The summed E-state index contributed by atoms with van der Waals surface area (Å²) >= 11 is 0. The third-order valence-electron chi connectivity index (χ3n) is 4.45. The van der Waals surface area contributed by atoms with E-state index < -0.39 is 11.8 Å². The molecule has 1 aliphatic heterocycles. The zero-order chi connectivity index (χ0) is 16.8. The summed E-state index contributed by atoms with van der Waals surface area (Å²) in [6, 6.07) is 3.76. The molecule has 1 fully saturated rings. The van der Waals surface area contributed by atoms with E-state index in [0.29, 0.717) is 11.8 Å². The van der Waals surface area contributed by atoms with Gasteiger partial charge in [-0.05, 0) is 12.1 Å². The van der Waals surface area contributed by atoms with Gasteiger partial charge in [-0.15, -0.1) is 10.2 Å². The fourth-order valence-corrected chi connectivity index (χ4v) is 2.98. The van der Waals surface area contributed by atoms with Crippen molar-refractivity contribution in [2.75, 3.05) is 25.1 Å². The number of aromatic nitrogens is 4. The van der Waals surface area contributed by atoms with Crippen molar-refractivity contribution in [1.29, 1.82) is 0 Å². The van der Waals surface area contributed by atoms with Crippen molar-refractivity contribution in [3.05, 3.63) is 18.3 Å². The molecule has 0 spiro atoms. The molecule has 126 valence electrons. The molecule has 0 amide bonds. The predicted octanol–water partition coefficient (Wildman–Crippen LogP) is 1.98. The van der Waals surface area contributed by atoms with Crippen molar-refractivity contribution < 1.29 is 17.9 Å². The van der Waals surface area contributed by atoms with Gasteiger partial charge in [-0.1, -0.05) is 0 Å². The smallest absolute Gasteiger partial charge is 0.367 e. The van der Waals surface area contributed by atoms with Crippen LogP contribution in [0.25, 0.3) is 11.5 Å². The van der Waals surface area contributed by atoms with Gasteiger partial charge in [0.25, 0.3) is 0 Å². The second kappa shape index (κ2) is 5.26. The molecule has 1 saturated heterocycles. The van der Waals surface area contributed by atoms with E-state index in [9.17, 15) is 13.2 Å². The lowest BCUT2D eigenvalue weighted by molar-refractivity contribution is -0.260. The van der Waals surface area contributed by atoms with E-state index in [1.165, 1.54) is 0 Å². The maximum atomic E-state index is 13.3. The first-order valence-corrected chi connectivity index (χ1v) is 7.17. The molecule has 3 rings (SSSR count). The first-order valence-electron chi connectivity index (χ1n) is 7.17. The maximum absolute atomic E-state index is 13.3. The van der Waals surface area contributed by atoms with E-state index in [4.69, 9.17) is 4.74 Å². The number of anilines is 1. The minimum atomic E-state index is -4.42. The van der Waals surface area contributed by atoms with Crippen molar-refractivity contribution in [3.63, 3.8) is 0 Å². The fourth-order valence-electron chi connectivity index (χ4n) is 2.98. The molecule has 9 heteroatoms. The zero-order valence-corrected chi connectivity index (χ0v) is 13.1. The van der Waals surface area contributed by atoms with Gasteiger partial charge >= 0.3 is 6.18 Å². The zero-order valence-electron chi connectivity index (χ0n) is 13.1. The third-order valence-corrected chi connectivity index (χ3v) is 4.45. The number of aryl methyl sites for hydroxylation is 1. The van der Waals surface area contributed by atoms with Gasteiger partial charge in [-0.2, -0.15) is 13.2 Å². The number of hydrogen-bond donors (Lipinski definition) is 0. The summed E-state index contributed by atoms with van der Waals surface area (Å²) in [6.45, 7) is -0.0709. The quantitative estimate of drug-likeness (QED) is 0.864. The van der Waals surface area contributed by atoms with Gasteiger partial charge in [0.2, 0.25) is 5.95 Å². The van der Waals surface area contributed by atoms with Gasteiger partial charge in [-0.25, -0.2) is 0 Å². The molecule has 0 aromatic carbocycles. The van der Waals surface area contributed by atoms with Crippen LogP contribution in [-0.4, -0.2) is 51.3 Å². The molecule has 23 heavy (non-hydrogen) atoms. The molecule has 6 nitrogen and oxygen atoms in total. The number of rotatable bonds is 3. The molecular weight excluding hydrogens is 311 g/mol. The lowest BCUT2D eigenvalue weighted by Gasteiger charge is -2.30. The average molecular weight is 329 g/mol. The normalized spacial score (nSPS) is 22.1. The van der Waals surface area contributed by atoms with Gasteiger partial charge in [0.1, 0.15) is 0 Å². The highest BCUT2D eigenvalue weighted by Crippen LogP contribution is 2.41. The summed E-state index contributed by atoms with van der Waals surface area (Å²) in [7, 11) is 4.72. The first-order chi connectivity index (χ1) is 10.8. The molecule has 2 aromatic heterocycles. The molecule has 1 unspecified atom stereocenters. The van der Waals surface area contributed by atoms with Gasteiger partial charge in [0.15, 0.2) is 11.4 Å². The highest BCUT2D eigenvalue weighted by Gasteiger charge is 2.59. The fraction of sp³-hybridized carbons (Fsp3) is 0.571. The molecule has 0 saturated carbocycles. The Bertz CT molecular complexity index is 708. The highest BCUT2D eigenvalue weighted by molar-refractivity contribution is 5.54. The van der Waals surface area contributed by atoms with E-state index in [-0.39, 0.29) is 19.5 Å².